The molecule has 1 amide bonds. The van der Waals surface area contributed by atoms with Gasteiger partial charge in [0.2, 0.25) is 4.96 Å². The lowest BCUT2D eigenvalue weighted by Crippen LogP contribution is -2.38. The van der Waals surface area contributed by atoms with Crippen LogP contribution in [0, 0.1) is 6.92 Å². The molecule has 4 rings (SSSR count). The van der Waals surface area contributed by atoms with Crippen molar-refractivity contribution in [1.29, 1.82) is 0 Å². The van der Waals surface area contributed by atoms with Gasteiger partial charge in [-0.3, -0.25) is 10.1 Å². The summed E-state index contributed by atoms with van der Waals surface area (Å²) in [5.74, 6) is 1.25. The second-order valence-electron chi connectivity index (χ2n) is 7.41. The zero-order valence-electron chi connectivity index (χ0n) is 18.4. The van der Waals surface area contributed by atoms with Crippen molar-refractivity contribution in [3.63, 3.8) is 0 Å². The van der Waals surface area contributed by atoms with Crippen molar-refractivity contribution < 1.29 is 9.53 Å². The van der Waals surface area contributed by atoms with Gasteiger partial charge in [-0.15, -0.1) is 10.2 Å². The summed E-state index contributed by atoms with van der Waals surface area (Å²) in [6.45, 7) is 5.15. The first-order valence-electron chi connectivity index (χ1n) is 10.6. The molecule has 10 heteroatoms. The number of hydrogen-bond donors (Lipinski definition) is 2. The number of nitrogens with zero attached hydrogens (tertiary/aromatic N) is 4. The molecule has 0 bridgehead atoms. The lowest BCUT2D eigenvalue weighted by atomic mass is 10.1. The average Bonchev–Trinajstić information content (AvgIpc) is 3.41. The number of thiocarbonyl (C=S) groups is 1. The summed E-state index contributed by atoms with van der Waals surface area (Å²) in [5.41, 5.74) is 2.56. The van der Waals surface area contributed by atoms with E-state index < -0.39 is 0 Å². The number of nitrogens with one attached hydrogen (secondary N) is 2. The van der Waals surface area contributed by atoms with Crippen LogP contribution in [0.1, 0.15) is 41.5 Å². The molecule has 0 aliphatic carbocycles. The minimum Gasteiger partial charge on any atom is -0.494 e. The molecule has 2 aromatic heterocycles. The Labute approximate surface area is 201 Å². The highest BCUT2D eigenvalue weighted by atomic mass is 32.1. The van der Waals surface area contributed by atoms with Gasteiger partial charge < -0.3 is 10.1 Å². The summed E-state index contributed by atoms with van der Waals surface area (Å²) >= 11 is 6.77. The number of carbonyl (C=O) groups excluding carboxylic acids is 1. The Kier molecular flexibility index (Phi) is 7.26. The summed E-state index contributed by atoms with van der Waals surface area (Å²) < 4.78 is 7.36. The van der Waals surface area contributed by atoms with Crippen LogP contribution in [0.5, 0.6) is 5.75 Å². The monoisotopic (exact) mass is 480 g/mol. The van der Waals surface area contributed by atoms with Crippen molar-refractivity contribution in [3.8, 4) is 16.3 Å². The van der Waals surface area contributed by atoms with Crippen LogP contribution in [0.2, 0.25) is 0 Å². The average molecular weight is 481 g/mol. The van der Waals surface area contributed by atoms with E-state index in [1.165, 1.54) is 11.3 Å². The molecule has 2 aromatic carbocycles. The van der Waals surface area contributed by atoms with Gasteiger partial charge in [0.05, 0.1) is 6.61 Å². The number of rotatable bonds is 8. The number of aromatic nitrogens is 4. The number of fused-ring (bicyclic) bond motifs is 1. The van der Waals surface area contributed by atoms with Gasteiger partial charge in [0.25, 0.3) is 5.91 Å². The first-order valence-corrected chi connectivity index (χ1v) is 11.9. The molecule has 2 N–H and O–H groups in total. The van der Waals surface area contributed by atoms with Crippen molar-refractivity contribution in [2.24, 2.45) is 0 Å². The standard InChI is InChI=1S/C23H24N6O2S2/c1-3-4-13-31-19-11-9-17(10-12-19)20(30)25-22(32)24-14-16-5-7-18(8-6-16)21-28-29-15(2)26-27-23(29)33-21/h5-12H,3-4,13-14H2,1-2H3,(H2,24,25,30,32). The number of benzene rings is 2. The van der Waals surface area contributed by atoms with Crippen molar-refractivity contribution in [2.45, 2.75) is 33.2 Å². The van der Waals surface area contributed by atoms with Crippen molar-refractivity contribution >= 4 is 39.5 Å². The third-order valence-corrected chi connectivity index (χ3v) is 6.11. The summed E-state index contributed by atoms with van der Waals surface area (Å²) in [4.78, 5) is 13.2. The van der Waals surface area contributed by atoms with Crippen molar-refractivity contribution in [2.75, 3.05) is 6.61 Å². The maximum absolute atomic E-state index is 12.4. The van der Waals surface area contributed by atoms with E-state index in [4.69, 9.17) is 17.0 Å². The third-order valence-electron chi connectivity index (χ3n) is 4.91. The Bertz CT molecular complexity index is 1250. The smallest absolute Gasteiger partial charge is 0.257 e. The molecule has 8 nitrogen and oxygen atoms in total. The van der Waals surface area contributed by atoms with Crippen LogP contribution in [-0.2, 0) is 6.54 Å². The van der Waals surface area contributed by atoms with Gasteiger partial charge in [-0.25, -0.2) is 0 Å². The Morgan fingerprint density at radius 2 is 1.88 bits per heavy atom. The molecule has 0 saturated carbocycles. The molecular weight excluding hydrogens is 456 g/mol. The van der Waals surface area contributed by atoms with Gasteiger partial charge in [0, 0.05) is 17.7 Å². The van der Waals surface area contributed by atoms with Gasteiger partial charge in [-0.2, -0.15) is 9.61 Å². The fraction of sp³-hybridized carbons (Fsp3) is 0.261. The Balaban J connectivity index is 1.27. The number of ether oxygens (including phenoxy) is 1. The van der Waals surface area contributed by atoms with E-state index in [-0.39, 0.29) is 11.0 Å². The van der Waals surface area contributed by atoms with E-state index in [0.717, 1.165) is 45.5 Å². The second kappa shape index (κ2) is 10.5. The van der Waals surface area contributed by atoms with Gasteiger partial charge in [0.1, 0.15) is 10.8 Å². The minimum absolute atomic E-state index is 0.262. The molecule has 0 radical (unpaired) electrons. The lowest BCUT2D eigenvalue weighted by Gasteiger charge is -2.10. The Morgan fingerprint density at radius 3 is 2.58 bits per heavy atom. The summed E-state index contributed by atoms with van der Waals surface area (Å²) in [7, 11) is 0. The van der Waals surface area contributed by atoms with E-state index in [1.54, 1.807) is 28.8 Å². The quantitative estimate of drug-likeness (QED) is 0.289. The number of amides is 1. The normalized spacial score (nSPS) is 10.8. The summed E-state index contributed by atoms with van der Waals surface area (Å²) in [5, 5.41) is 19.6. The molecule has 0 saturated heterocycles. The van der Waals surface area contributed by atoms with Crippen LogP contribution in [0.25, 0.3) is 15.5 Å². The lowest BCUT2D eigenvalue weighted by molar-refractivity contribution is 0.0976. The van der Waals surface area contributed by atoms with E-state index >= 15 is 0 Å². The molecule has 4 aromatic rings. The first kappa shape index (κ1) is 22.8. The van der Waals surface area contributed by atoms with Crippen LogP contribution in [-0.4, -0.2) is 37.4 Å². The minimum atomic E-state index is -0.262. The molecule has 0 unspecified atom stereocenters. The van der Waals surface area contributed by atoms with Gasteiger partial charge in [0.15, 0.2) is 10.9 Å². The Morgan fingerprint density at radius 1 is 1.12 bits per heavy atom. The summed E-state index contributed by atoms with van der Waals surface area (Å²) in [6, 6.07) is 15.0. The molecule has 170 valence electrons. The highest BCUT2D eigenvalue weighted by Gasteiger charge is 2.11. The fourth-order valence-corrected chi connectivity index (χ4v) is 4.09. The molecule has 0 fully saturated rings. The van der Waals surface area contributed by atoms with Crippen LogP contribution in [0.4, 0.5) is 0 Å². The van der Waals surface area contributed by atoms with Crippen LogP contribution >= 0.6 is 23.6 Å². The zero-order valence-corrected chi connectivity index (χ0v) is 20.0. The highest BCUT2D eigenvalue weighted by Crippen LogP contribution is 2.25. The van der Waals surface area contributed by atoms with E-state index in [2.05, 4.69) is 32.9 Å². The maximum atomic E-state index is 12.4. The number of unbranched alkanes of at least 4 members (excludes halogenated alkanes) is 1. The Hall–Kier alpha value is -3.37. The zero-order chi connectivity index (χ0) is 23.2. The van der Waals surface area contributed by atoms with Gasteiger partial charge >= 0.3 is 0 Å². The van der Waals surface area contributed by atoms with Gasteiger partial charge in [-0.05, 0) is 55.4 Å². The molecule has 0 spiro atoms. The third kappa shape index (κ3) is 5.71. The number of hydrogen-bond acceptors (Lipinski definition) is 7. The van der Waals surface area contributed by atoms with E-state index in [1.807, 2.05) is 31.2 Å². The highest BCUT2D eigenvalue weighted by molar-refractivity contribution is 7.80. The van der Waals surface area contributed by atoms with Crippen molar-refractivity contribution in [1.82, 2.24) is 30.4 Å². The van der Waals surface area contributed by atoms with Gasteiger partial charge in [-0.1, -0.05) is 48.9 Å². The maximum Gasteiger partial charge on any atom is 0.257 e. The molecule has 33 heavy (non-hydrogen) atoms. The number of aryl methyl sites for hydroxylation is 1. The molecule has 0 aliphatic heterocycles. The molecule has 2 heterocycles. The van der Waals surface area contributed by atoms with E-state index in [9.17, 15) is 4.79 Å². The van der Waals surface area contributed by atoms with Crippen LogP contribution in [0.15, 0.2) is 48.5 Å². The van der Waals surface area contributed by atoms with Crippen LogP contribution < -0.4 is 15.4 Å². The molecule has 0 aliphatic rings. The topological polar surface area (TPSA) is 93.4 Å². The number of carbonyl (C=O) groups is 1. The first-order chi connectivity index (χ1) is 16.0. The van der Waals surface area contributed by atoms with Crippen LogP contribution in [0.3, 0.4) is 0 Å². The predicted molar refractivity (Wildman–Crippen MR) is 133 cm³/mol. The second-order valence-corrected chi connectivity index (χ2v) is 8.77. The largest absolute Gasteiger partial charge is 0.494 e. The van der Waals surface area contributed by atoms with Crippen molar-refractivity contribution in [3.05, 3.63) is 65.5 Å². The predicted octanol–water partition coefficient (Wildman–Crippen LogP) is 4.14. The van der Waals surface area contributed by atoms with E-state index in [0.29, 0.717) is 18.7 Å². The SMILES string of the molecule is CCCCOc1ccc(C(=O)NC(=S)NCc2ccc(-c3nn4c(C)nnc4s3)cc2)cc1. The summed E-state index contributed by atoms with van der Waals surface area (Å²) in [6.07, 6.45) is 2.08. The molecular formula is C23H24N6O2S2. The molecule has 0 atom stereocenters. The fourth-order valence-electron chi connectivity index (χ4n) is 3.04.